The maximum absolute atomic E-state index is 13.4. The summed E-state index contributed by atoms with van der Waals surface area (Å²) in [7, 11) is 0. The molecule has 0 fully saturated rings. The lowest BCUT2D eigenvalue weighted by Crippen LogP contribution is -2.06. The highest BCUT2D eigenvalue weighted by molar-refractivity contribution is 7.12. The van der Waals surface area contributed by atoms with Gasteiger partial charge in [0.1, 0.15) is 5.82 Å². The largest absolute Gasteiger partial charge is 0.375 e. The van der Waals surface area contributed by atoms with Crippen LogP contribution in [-0.2, 0) is 0 Å². The fourth-order valence-electron chi connectivity index (χ4n) is 1.57. The highest BCUT2D eigenvalue weighted by Gasteiger charge is 2.09. The molecule has 1 N–H and O–H groups in total. The predicted molar refractivity (Wildman–Crippen MR) is 67.5 cm³/mol. The molecular formula is C13H14FNS. The first-order valence-corrected chi connectivity index (χ1v) is 6.06. The van der Waals surface area contributed by atoms with Crippen LogP contribution in [0.5, 0.6) is 0 Å². The van der Waals surface area contributed by atoms with Crippen molar-refractivity contribution in [2.24, 2.45) is 0 Å². The van der Waals surface area contributed by atoms with Crippen molar-refractivity contribution in [1.82, 2.24) is 0 Å². The zero-order valence-electron chi connectivity index (χ0n) is 9.33. The quantitative estimate of drug-likeness (QED) is 0.833. The van der Waals surface area contributed by atoms with Crippen LogP contribution in [0.4, 0.5) is 10.1 Å². The van der Waals surface area contributed by atoms with E-state index < -0.39 is 0 Å². The van der Waals surface area contributed by atoms with E-state index in [0.717, 1.165) is 0 Å². The summed E-state index contributed by atoms with van der Waals surface area (Å²) in [5, 5.41) is 3.18. The number of anilines is 1. The molecule has 0 bridgehead atoms. The van der Waals surface area contributed by atoms with Crippen LogP contribution in [-0.4, -0.2) is 0 Å². The fourth-order valence-corrected chi connectivity index (χ4v) is 2.45. The third-order valence-corrected chi connectivity index (χ3v) is 3.62. The Balaban J connectivity index is 2.13. The van der Waals surface area contributed by atoms with Gasteiger partial charge in [-0.25, -0.2) is 4.39 Å². The van der Waals surface area contributed by atoms with Crippen molar-refractivity contribution in [3.05, 3.63) is 52.0 Å². The number of para-hydroxylation sites is 1. The molecule has 0 aliphatic rings. The summed E-state index contributed by atoms with van der Waals surface area (Å²) >= 11 is 1.74. The van der Waals surface area contributed by atoms with Crippen molar-refractivity contribution in [3.8, 4) is 0 Å². The number of hydrogen-bond acceptors (Lipinski definition) is 2. The first kappa shape index (κ1) is 11.1. The highest BCUT2D eigenvalue weighted by atomic mass is 32.1. The molecule has 1 nitrogen and oxygen atoms in total. The van der Waals surface area contributed by atoms with E-state index in [4.69, 9.17) is 0 Å². The first-order valence-electron chi connectivity index (χ1n) is 5.24. The molecule has 0 amide bonds. The Morgan fingerprint density at radius 2 is 1.94 bits per heavy atom. The molecular weight excluding hydrogens is 221 g/mol. The molecule has 0 aliphatic heterocycles. The second kappa shape index (κ2) is 4.66. The molecule has 0 radical (unpaired) electrons. The lowest BCUT2D eigenvalue weighted by Gasteiger charge is -2.14. The Bertz CT molecular complexity index is 478. The summed E-state index contributed by atoms with van der Waals surface area (Å²) in [6.07, 6.45) is 0. The minimum atomic E-state index is -0.206. The zero-order valence-corrected chi connectivity index (χ0v) is 10.1. The van der Waals surface area contributed by atoms with Gasteiger partial charge < -0.3 is 5.32 Å². The molecule has 1 aromatic carbocycles. The van der Waals surface area contributed by atoms with Gasteiger partial charge in [0.15, 0.2) is 0 Å². The Hall–Kier alpha value is -1.35. The molecule has 0 aliphatic carbocycles. The van der Waals surface area contributed by atoms with Crippen LogP contribution in [0.1, 0.15) is 22.7 Å². The van der Waals surface area contributed by atoms with E-state index in [0.29, 0.717) is 5.69 Å². The summed E-state index contributed by atoms with van der Waals surface area (Å²) in [6, 6.07) is 11.0. The third-order valence-electron chi connectivity index (χ3n) is 2.43. The number of rotatable bonds is 3. The third kappa shape index (κ3) is 2.42. The standard InChI is InChI=1S/C13H14FNS/c1-9-7-8-13(16-9)10(2)15-12-6-4-3-5-11(12)14/h3-8,10,15H,1-2H3. The SMILES string of the molecule is Cc1ccc(C(C)Nc2ccccc2F)s1. The van der Waals surface area contributed by atoms with Crippen molar-refractivity contribution in [2.45, 2.75) is 19.9 Å². The highest BCUT2D eigenvalue weighted by Crippen LogP contribution is 2.26. The summed E-state index contributed by atoms with van der Waals surface area (Å²) in [5.74, 6) is -0.206. The van der Waals surface area contributed by atoms with Gasteiger partial charge in [-0.15, -0.1) is 11.3 Å². The van der Waals surface area contributed by atoms with Crippen molar-refractivity contribution >= 4 is 17.0 Å². The minimum absolute atomic E-state index is 0.135. The van der Waals surface area contributed by atoms with Gasteiger partial charge in [-0.1, -0.05) is 12.1 Å². The lowest BCUT2D eigenvalue weighted by atomic mass is 10.2. The maximum atomic E-state index is 13.4. The van der Waals surface area contributed by atoms with Gasteiger partial charge in [0.2, 0.25) is 0 Å². The monoisotopic (exact) mass is 235 g/mol. The normalized spacial score (nSPS) is 12.4. The predicted octanol–water partition coefficient (Wildman–Crippen LogP) is 4.37. The molecule has 1 unspecified atom stereocenters. The van der Waals surface area contributed by atoms with E-state index in [1.54, 1.807) is 23.5 Å². The molecule has 16 heavy (non-hydrogen) atoms. The van der Waals surface area contributed by atoms with E-state index in [-0.39, 0.29) is 11.9 Å². The number of benzene rings is 1. The second-order valence-corrected chi connectivity index (χ2v) is 5.11. The van der Waals surface area contributed by atoms with Gasteiger partial charge in [-0.05, 0) is 38.1 Å². The summed E-state index contributed by atoms with van der Waals surface area (Å²) < 4.78 is 13.4. The number of hydrogen-bond donors (Lipinski definition) is 1. The van der Waals surface area contributed by atoms with E-state index in [1.807, 2.05) is 13.0 Å². The second-order valence-electron chi connectivity index (χ2n) is 3.79. The Labute approximate surface area is 98.9 Å². The van der Waals surface area contributed by atoms with Gasteiger partial charge in [0, 0.05) is 9.75 Å². The Morgan fingerprint density at radius 3 is 2.56 bits per heavy atom. The summed E-state index contributed by atoms with van der Waals surface area (Å²) in [5.41, 5.74) is 0.557. The molecule has 1 atom stereocenters. The number of halogens is 1. The van der Waals surface area contributed by atoms with Crippen molar-refractivity contribution in [2.75, 3.05) is 5.32 Å². The summed E-state index contributed by atoms with van der Waals surface area (Å²) in [6.45, 7) is 4.11. The minimum Gasteiger partial charge on any atom is -0.375 e. The molecule has 0 spiro atoms. The molecule has 2 aromatic rings. The van der Waals surface area contributed by atoms with Crippen LogP contribution in [0.25, 0.3) is 0 Å². The van der Waals surface area contributed by atoms with Crippen LogP contribution < -0.4 is 5.32 Å². The smallest absolute Gasteiger partial charge is 0.146 e. The van der Waals surface area contributed by atoms with E-state index in [9.17, 15) is 4.39 Å². The molecule has 1 heterocycles. The van der Waals surface area contributed by atoms with E-state index >= 15 is 0 Å². The number of nitrogens with one attached hydrogen (secondary N) is 1. The van der Waals surface area contributed by atoms with Crippen LogP contribution in [0, 0.1) is 12.7 Å². The maximum Gasteiger partial charge on any atom is 0.146 e. The van der Waals surface area contributed by atoms with Gasteiger partial charge in [-0.2, -0.15) is 0 Å². The van der Waals surface area contributed by atoms with Crippen molar-refractivity contribution < 1.29 is 4.39 Å². The van der Waals surface area contributed by atoms with Crippen LogP contribution in [0.3, 0.4) is 0 Å². The lowest BCUT2D eigenvalue weighted by molar-refractivity contribution is 0.628. The molecule has 3 heteroatoms. The zero-order chi connectivity index (χ0) is 11.5. The van der Waals surface area contributed by atoms with Crippen LogP contribution >= 0.6 is 11.3 Å². The summed E-state index contributed by atoms with van der Waals surface area (Å²) in [4.78, 5) is 2.50. The molecule has 1 aromatic heterocycles. The van der Waals surface area contributed by atoms with Gasteiger partial charge >= 0.3 is 0 Å². The Kier molecular flexibility index (Phi) is 3.25. The van der Waals surface area contributed by atoms with Gasteiger partial charge in [-0.3, -0.25) is 0 Å². The fraction of sp³-hybridized carbons (Fsp3) is 0.231. The number of aryl methyl sites for hydroxylation is 1. The van der Waals surface area contributed by atoms with Gasteiger partial charge in [0.05, 0.1) is 11.7 Å². The number of thiophene rings is 1. The molecule has 0 saturated heterocycles. The Morgan fingerprint density at radius 1 is 1.19 bits per heavy atom. The molecule has 0 saturated carbocycles. The van der Waals surface area contributed by atoms with Crippen molar-refractivity contribution in [1.29, 1.82) is 0 Å². The van der Waals surface area contributed by atoms with E-state index in [1.165, 1.54) is 15.8 Å². The van der Waals surface area contributed by atoms with Crippen molar-refractivity contribution in [3.63, 3.8) is 0 Å². The average Bonchev–Trinajstić information content (AvgIpc) is 2.68. The van der Waals surface area contributed by atoms with Gasteiger partial charge in [0.25, 0.3) is 0 Å². The average molecular weight is 235 g/mol. The van der Waals surface area contributed by atoms with E-state index in [2.05, 4.69) is 24.4 Å². The molecule has 84 valence electrons. The topological polar surface area (TPSA) is 12.0 Å². The first-order chi connectivity index (χ1) is 7.66. The molecule has 2 rings (SSSR count). The van der Waals surface area contributed by atoms with Crippen LogP contribution in [0.15, 0.2) is 36.4 Å². The van der Waals surface area contributed by atoms with Crippen LogP contribution in [0.2, 0.25) is 0 Å².